The Morgan fingerprint density at radius 3 is 2.81 bits per heavy atom. The number of ether oxygens (including phenoxy) is 1. The number of hydrogen-bond acceptors (Lipinski definition) is 4. The Balaban J connectivity index is 2.09. The minimum atomic E-state index is 0.525. The molecule has 2 rings (SSSR count). The predicted octanol–water partition coefficient (Wildman–Crippen LogP) is 3.98. The van der Waals surface area contributed by atoms with Gasteiger partial charge >= 0.3 is 0 Å². The normalized spacial score (nSPS) is 10.9. The third-order valence-electron chi connectivity index (χ3n) is 2.91. The molecule has 0 aliphatic carbocycles. The van der Waals surface area contributed by atoms with Gasteiger partial charge in [0.25, 0.3) is 0 Å². The van der Waals surface area contributed by atoms with Gasteiger partial charge in [-0.1, -0.05) is 25.4 Å². The Labute approximate surface area is 130 Å². The highest BCUT2D eigenvalue weighted by Gasteiger charge is 2.07. The lowest BCUT2D eigenvalue weighted by Gasteiger charge is -2.11. The van der Waals surface area contributed by atoms with Crippen molar-refractivity contribution < 1.29 is 4.74 Å². The lowest BCUT2D eigenvalue weighted by molar-refractivity contribution is 0.452. The van der Waals surface area contributed by atoms with E-state index < -0.39 is 0 Å². The lowest BCUT2D eigenvalue weighted by Crippen LogP contribution is -2.19. The van der Waals surface area contributed by atoms with Crippen molar-refractivity contribution in [1.82, 2.24) is 15.3 Å². The fraction of sp³-hybridized carbons (Fsp3) is 0.375. The molecule has 0 aliphatic rings. The molecule has 21 heavy (non-hydrogen) atoms. The third-order valence-corrected chi connectivity index (χ3v) is 3.26. The van der Waals surface area contributed by atoms with E-state index in [4.69, 9.17) is 16.3 Å². The fourth-order valence-corrected chi connectivity index (χ4v) is 1.99. The van der Waals surface area contributed by atoms with Gasteiger partial charge in [0.2, 0.25) is 5.88 Å². The number of aromatic nitrogens is 2. The summed E-state index contributed by atoms with van der Waals surface area (Å²) in [4.78, 5) is 8.65. The summed E-state index contributed by atoms with van der Waals surface area (Å²) in [6, 6.07) is 7.28. The van der Waals surface area contributed by atoms with E-state index in [1.54, 1.807) is 12.3 Å². The highest BCUT2D eigenvalue weighted by atomic mass is 35.5. The Morgan fingerprint density at radius 2 is 2.10 bits per heavy atom. The minimum Gasteiger partial charge on any atom is -0.437 e. The third kappa shape index (κ3) is 4.69. The molecule has 1 N–H and O–H groups in total. The van der Waals surface area contributed by atoms with E-state index in [1.807, 2.05) is 25.1 Å². The molecule has 4 nitrogen and oxygen atoms in total. The summed E-state index contributed by atoms with van der Waals surface area (Å²) in [6.45, 7) is 7.76. The average molecular weight is 306 g/mol. The van der Waals surface area contributed by atoms with Crippen LogP contribution in [0.15, 0.2) is 30.5 Å². The number of pyridine rings is 2. The first-order chi connectivity index (χ1) is 10.1. The molecule has 112 valence electrons. The van der Waals surface area contributed by atoms with Gasteiger partial charge in [-0.05, 0) is 37.6 Å². The summed E-state index contributed by atoms with van der Waals surface area (Å²) in [5.74, 6) is 1.81. The van der Waals surface area contributed by atoms with E-state index in [0.717, 1.165) is 17.9 Å². The van der Waals surface area contributed by atoms with E-state index in [9.17, 15) is 0 Å². The minimum absolute atomic E-state index is 0.525. The zero-order valence-electron chi connectivity index (χ0n) is 12.6. The molecule has 2 aromatic heterocycles. The summed E-state index contributed by atoms with van der Waals surface area (Å²) in [5, 5.41) is 3.97. The lowest BCUT2D eigenvalue weighted by atomic mass is 10.2. The zero-order chi connectivity index (χ0) is 15.2. The number of halogens is 1. The van der Waals surface area contributed by atoms with Crippen molar-refractivity contribution >= 4 is 11.6 Å². The average Bonchev–Trinajstić information content (AvgIpc) is 2.44. The van der Waals surface area contributed by atoms with Crippen LogP contribution < -0.4 is 10.1 Å². The molecule has 0 radical (unpaired) electrons. The van der Waals surface area contributed by atoms with E-state index in [-0.39, 0.29) is 0 Å². The number of rotatable bonds is 6. The molecule has 0 aromatic carbocycles. The van der Waals surface area contributed by atoms with Crippen molar-refractivity contribution in [3.05, 3.63) is 46.9 Å². The van der Waals surface area contributed by atoms with Crippen molar-refractivity contribution in [1.29, 1.82) is 0 Å². The molecule has 0 amide bonds. The van der Waals surface area contributed by atoms with Crippen molar-refractivity contribution in [2.45, 2.75) is 27.3 Å². The van der Waals surface area contributed by atoms with Crippen molar-refractivity contribution in [3.63, 3.8) is 0 Å². The van der Waals surface area contributed by atoms with Crippen LogP contribution in [0.2, 0.25) is 5.02 Å². The highest BCUT2D eigenvalue weighted by molar-refractivity contribution is 6.31. The molecular formula is C16H20ClN3O. The largest absolute Gasteiger partial charge is 0.437 e. The zero-order valence-corrected chi connectivity index (χ0v) is 13.3. The van der Waals surface area contributed by atoms with Crippen LogP contribution >= 0.6 is 11.6 Å². The van der Waals surface area contributed by atoms with Gasteiger partial charge in [0.1, 0.15) is 0 Å². The molecule has 0 saturated carbocycles. The molecule has 0 bridgehead atoms. The van der Waals surface area contributed by atoms with Gasteiger partial charge in [-0.15, -0.1) is 0 Å². The molecule has 0 saturated heterocycles. The fourth-order valence-electron chi connectivity index (χ4n) is 1.81. The van der Waals surface area contributed by atoms with Crippen LogP contribution in [0.3, 0.4) is 0 Å². The smallest absolute Gasteiger partial charge is 0.219 e. The van der Waals surface area contributed by atoms with Crippen molar-refractivity contribution in [2.24, 2.45) is 5.92 Å². The Kier molecular flexibility index (Phi) is 5.53. The maximum atomic E-state index is 6.18. The molecule has 5 heteroatoms. The molecule has 0 spiro atoms. The standard InChI is InChI=1S/C16H20ClN3O/c1-11(2)9-18-10-14-13(17)6-7-16(20-14)21-15-5-4-8-19-12(15)3/h4-8,11,18H,9-10H2,1-3H3. The highest BCUT2D eigenvalue weighted by Crippen LogP contribution is 2.24. The summed E-state index contributed by atoms with van der Waals surface area (Å²) in [5.41, 5.74) is 1.62. The van der Waals surface area contributed by atoms with Crippen LogP contribution in [0.25, 0.3) is 0 Å². The Hall–Kier alpha value is -1.65. The second-order valence-corrected chi connectivity index (χ2v) is 5.70. The first-order valence-electron chi connectivity index (χ1n) is 7.02. The van der Waals surface area contributed by atoms with Crippen LogP contribution in [0.5, 0.6) is 11.6 Å². The molecule has 0 unspecified atom stereocenters. The van der Waals surface area contributed by atoms with Crippen LogP contribution in [0.1, 0.15) is 25.2 Å². The summed E-state index contributed by atoms with van der Waals surface area (Å²) >= 11 is 6.18. The van der Waals surface area contributed by atoms with Crippen LogP contribution in [0, 0.1) is 12.8 Å². The van der Waals surface area contributed by atoms with E-state index >= 15 is 0 Å². The molecule has 0 atom stereocenters. The van der Waals surface area contributed by atoms with Crippen LogP contribution in [-0.4, -0.2) is 16.5 Å². The van der Waals surface area contributed by atoms with Gasteiger partial charge in [-0.3, -0.25) is 4.98 Å². The van der Waals surface area contributed by atoms with Gasteiger partial charge in [-0.2, -0.15) is 0 Å². The second kappa shape index (κ2) is 7.38. The maximum absolute atomic E-state index is 6.18. The van der Waals surface area contributed by atoms with Gasteiger partial charge in [0.05, 0.1) is 16.4 Å². The summed E-state index contributed by atoms with van der Waals surface area (Å²) in [6.07, 6.45) is 1.73. The summed E-state index contributed by atoms with van der Waals surface area (Å²) < 4.78 is 5.77. The number of aryl methyl sites for hydroxylation is 1. The first-order valence-corrected chi connectivity index (χ1v) is 7.39. The monoisotopic (exact) mass is 305 g/mol. The molecule has 2 aromatic rings. The quantitative estimate of drug-likeness (QED) is 0.877. The predicted molar refractivity (Wildman–Crippen MR) is 84.8 cm³/mol. The Bertz CT molecular complexity index is 602. The van der Waals surface area contributed by atoms with Gasteiger partial charge in [0, 0.05) is 18.8 Å². The second-order valence-electron chi connectivity index (χ2n) is 5.29. The van der Waals surface area contributed by atoms with Crippen LogP contribution in [0.4, 0.5) is 0 Å². The number of hydrogen-bond donors (Lipinski definition) is 1. The van der Waals surface area contributed by atoms with Gasteiger partial charge in [-0.25, -0.2) is 4.98 Å². The first kappa shape index (κ1) is 15.7. The van der Waals surface area contributed by atoms with Crippen molar-refractivity contribution in [2.75, 3.05) is 6.54 Å². The van der Waals surface area contributed by atoms with Crippen molar-refractivity contribution in [3.8, 4) is 11.6 Å². The van der Waals surface area contributed by atoms with E-state index in [2.05, 4.69) is 29.1 Å². The molecule has 0 aliphatic heterocycles. The Morgan fingerprint density at radius 1 is 1.29 bits per heavy atom. The number of nitrogens with one attached hydrogen (secondary N) is 1. The van der Waals surface area contributed by atoms with Crippen LogP contribution in [-0.2, 0) is 6.54 Å². The van der Waals surface area contributed by atoms with E-state index in [0.29, 0.717) is 29.1 Å². The van der Waals surface area contributed by atoms with E-state index in [1.165, 1.54) is 0 Å². The number of nitrogens with zero attached hydrogens (tertiary/aromatic N) is 2. The topological polar surface area (TPSA) is 47.0 Å². The van der Waals surface area contributed by atoms with Gasteiger partial charge in [0.15, 0.2) is 5.75 Å². The SMILES string of the molecule is Cc1ncccc1Oc1ccc(Cl)c(CNCC(C)C)n1. The molecular weight excluding hydrogens is 286 g/mol. The van der Waals surface area contributed by atoms with Gasteiger partial charge < -0.3 is 10.1 Å². The maximum Gasteiger partial charge on any atom is 0.219 e. The molecule has 0 fully saturated rings. The summed E-state index contributed by atoms with van der Waals surface area (Å²) in [7, 11) is 0. The molecule has 2 heterocycles.